The van der Waals surface area contributed by atoms with E-state index in [1.807, 2.05) is 30.3 Å². The Bertz CT molecular complexity index is 1030. The Morgan fingerprint density at radius 1 is 1.21 bits per heavy atom. The molecule has 0 aliphatic heterocycles. The minimum absolute atomic E-state index is 0.148. The first-order valence-corrected chi connectivity index (χ1v) is 9.53. The van der Waals surface area contributed by atoms with Crippen LogP contribution in [-0.2, 0) is 9.59 Å². The molecule has 0 saturated heterocycles. The maximum atomic E-state index is 13.8. The Morgan fingerprint density at radius 3 is 2.72 bits per heavy atom. The summed E-state index contributed by atoms with van der Waals surface area (Å²) in [6, 6.07) is 13.9. The molecule has 2 amide bonds. The highest BCUT2D eigenvalue weighted by Crippen LogP contribution is 2.28. The molecule has 0 spiro atoms. The molecule has 6 nitrogen and oxygen atoms in total. The number of amides is 2. The molecule has 148 valence electrons. The van der Waals surface area contributed by atoms with Gasteiger partial charge in [0.25, 0.3) is 0 Å². The first kappa shape index (κ1) is 20.2. The normalized spacial score (nSPS) is 10.7. The molecule has 3 aromatic rings. The van der Waals surface area contributed by atoms with Gasteiger partial charge in [-0.05, 0) is 29.8 Å². The van der Waals surface area contributed by atoms with Gasteiger partial charge in [-0.1, -0.05) is 30.3 Å². The standard InChI is InChI=1S/C21H18FN3O3S/c1-28-18-9-8-15(11-16(18)22)17-13-29-21(24-17)25-20(27)12-23-19(26)10-7-14-5-3-2-4-6-14/h2-11,13H,12H2,1H3,(H,23,26)(H,24,25,27)/b10-7+. The Labute approximate surface area is 171 Å². The number of methoxy groups -OCH3 is 1. The molecule has 2 aromatic carbocycles. The van der Waals surface area contributed by atoms with Gasteiger partial charge in [0.15, 0.2) is 16.7 Å². The summed E-state index contributed by atoms with van der Waals surface area (Å²) in [5, 5.41) is 7.18. The summed E-state index contributed by atoms with van der Waals surface area (Å²) in [6.07, 6.45) is 3.02. The molecule has 0 unspecified atom stereocenters. The van der Waals surface area contributed by atoms with Gasteiger partial charge in [-0.3, -0.25) is 9.59 Å². The number of ether oxygens (including phenoxy) is 1. The number of carbonyl (C=O) groups is 2. The summed E-state index contributed by atoms with van der Waals surface area (Å²) in [5.41, 5.74) is 1.98. The van der Waals surface area contributed by atoms with Crippen LogP contribution in [0.15, 0.2) is 60.0 Å². The fraction of sp³-hybridized carbons (Fsp3) is 0.0952. The molecular formula is C21H18FN3O3S. The number of thiazole rings is 1. The number of nitrogens with one attached hydrogen (secondary N) is 2. The third-order valence-electron chi connectivity index (χ3n) is 3.85. The number of aromatic nitrogens is 1. The number of hydrogen-bond donors (Lipinski definition) is 2. The molecule has 1 aromatic heterocycles. The van der Waals surface area contributed by atoms with Gasteiger partial charge in [-0.15, -0.1) is 11.3 Å². The van der Waals surface area contributed by atoms with Crippen molar-refractivity contribution in [2.45, 2.75) is 0 Å². The summed E-state index contributed by atoms with van der Waals surface area (Å²) in [5.74, 6) is -1.13. The minimum atomic E-state index is -0.491. The zero-order valence-electron chi connectivity index (χ0n) is 15.5. The molecule has 0 radical (unpaired) electrons. The molecule has 1 heterocycles. The first-order valence-electron chi connectivity index (χ1n) is 8.65. The molecule has 0 saturated carbocycles. The van der Waals surface area contributed by atoms with Gasteiger partial charge in [0, 0.05) is 17.0 Å². The molecular weight excluding hydrogens is 393 g/mol. The van der Waals surface area contributed by atoms with E-state index in [9.17, 15) is 14.0 Å². The monoisotopic (exact) mass is 411 g/mol. The SMILES string of the molecule is COc1ccc(-c2csc(NC(=O)CNC(=O)/C=C/c3ccccc3)n2)cc1F. The summed E-state index contributed by atoms with van der Waals surface area (Å²) < 4.78 is 18.7. The largest absolute Gasteiger partial charge is 0.494 e. The summed E-state index contributed by atoms with van der Waals surface area (Å²) in [4.78, 5) is 28.1. The smallest absolute Gasteiger partial charge is 0.245 e. The van der Waals surface area contributed by atoms with Crippen LogP contribution >= 0.6 is 11.3 Å². The van der Waals surface area contributed by atoms with E-state index in [-0.39, 0.29) is 18.2 Å². The van der Waals surface area contributed by atoms with E-state index in [1.54, 1.807) is 17.5 Å². The van der Waals surface area contributed by atoms with Crippen molar-refractivity contribution in [3.8, 4) is 17.0 Å². The average molecular weight is 411 g/mol. The van der Waals surface area contributed by atoms with E-state index < -0.39 is 11.7 Å². The van der Waals surface area contributed by atoms with Gasteiger partial charge in [0.1, 0.15) is 0 Å². The van der Waals surface area contributed by atoms with E-state index in [1.165, 1.54) is 36.7 Å². The second kappa shape index (κ2) is 9.61. The second-order valence-corrected chi connectivity index (χ2v) is 6.76. The highest BCUT2D eigenvalue weighted by molar-refractivity contribution is 7.14. The van der Waals surface area contributed by atoms with E-state index in [4.69, 9.17) is 4.74 Å². The van der Waals surface area contributed by atoms with Gasteiger partial charge in [-0.25, -0.2) is 9.37 Å². The number of rotatable bonds is 7. The minimum Gasteiger partial charge on any atom is -0.494 e. The van der Waals surface area contributed by atoms with Crippen molar-refractivity contribution in [3.05, 3.63) is 71.4 Å². The molecule has 0 fully saturated rings. The lowest BCUT2D eigenvalue weighted by Crippen LogP contribution is -2.31. The van der Waals surface area contributed by atoms with Gasteiger partial charge >= 0.3 is 0 Å². The summed E-state index contributed by atoms with van der Waals surface area (Å²) in [7, 11) is 1.39. The number of halogens is 1. The Hall–Kier alpha value is -3.52. The molecule has 0 atom stereocenters. The number of carbonyl (C=O) groups excluding carboxylic acids is 2. The van der Waals surface area contributed by atoms with Crippen molar-refractivity contribution in [1.82, 2.24) is 10.3 Å². The van der Waals surface area contributed by atoms with Crippen molar-refractivity contribution < 1.29 is 18.7 Å². The van der Waals surface area contributed by atoms with Gasteiger partial charge in [0.05, 0.1) is 19.3 Å². The van der Waals surface area contributed by atoms with Gasteiger partial charge in [0.2, 0.25) is 11.8 Å². The lowest BCUT2D eigenvalue weighted by atomic mass is 10.1. The van der Waals surface area contributed by atoms with Crippen LogP contribution in [0.5, 0.6) is 5.75 Å². The fourth-order valence-electron chi connectivity index (χ4n) is 2.42. The van der Waals surface area contributed by atoms with E-state index in [0.717, 1.165) is 5.56 Å². The number of benzene rings is 2. The van der Waals surface area contributed by atoms with Crippen molar-refractivity contribution in [2.75, 3.05) is 19.0 Å². The van der Waals surface area contributed by atoms with Gasteiger partial charge < -0.3 is 15.4 Å². The zero-order valence-corrected chi connectivity index (χ0v) is 16.3. The van der Waals surface area contributed by atoms with Crippen LogP contribution in [0.4, 0.5) is 9.52 Å². The maximum absolute atomic E-state index is 13.8. The summed E-state index contributed by atoms with van der Waals surface area (Å²) >= 11 is 1.21. The topological polar surface area (TPSA) is 80.3 Å². The predicted octanol–water partition coefficient (Wildman–Crippen LogP) is 3.73. The second-order valence-electron chi connectivity index (χ2n) is 5.90. The molecule has 0 aliphatic carbocycles. The van der Waals surface area contributed by atoms with Crippen LogP contribution < -0.4 is 15.4 Å². The van der Waals surface area contributed by atoms with Crippen molar-refractivity contribution >= 4 is 34.4 Å². The van der Waals surface area contributed by atoms with Crippen LogP contribution in [0.2, 0.25) is 0 Å². The maximum Gasteiger partial charge on any atom is 0.245 e. The highest BCUT2D eigenvalue weighted by Gasteiger charge is 2.11. The number of hydrogen-bond acceptors (Lipinski definition) is 5. The van der Waals surface area contributed by atoms with Crippen molar-refractivity contribution in [3.63, 3.8) is 0 Å². The summed E-state index contributed by atoms with van der Waals surface area (Å²) in [6.45, 7) is -0.190. The molecule has 0 bridgehead atoms. The van der Waals surface area contributed by atoms with Crippen molar-refractivity contribution in [2.24, 2.45) is 0 Å². The van der Waals surface area contributed by atoms with E-state index in [0.29, 0.717) is 16.4 Å². The number of anilines is 1. The van der Waals surface area contributed by atoms with E-state index in [2.05, 4.69) is 15.6 Å². The molecule has 0 aliphatic rings. The highest BCUT2D eigenvalue weighted by atomic mass is 32.1. The van der Waals surface area contributed by atoms with E-state index >= 15 is 0 Å². The molecule has 2 N–H and O–H groups in total. The number of nitrogens with zero attached hydrogens (tertiary/aromatic N) is 1. The fourth-order valence-corrected chi connectivity index (χ4v) is 3.15. The third-order valence-corrected chi connectivity index (χ3v) is 4.61. The van der Waals surface area contributed by atoms with Crippen LogP contribution in [0.1, 0.15) is 5.56 Å². The molecule has 8 heteroatoms. The Morgan fingerprint density at radius 2 is 2.00 bits per heavy atom. The zero-order chi connectivity index (χ0) is 20.6. The third kappa shape index (κ3) is 5.73. The van der Waals surface area contributed by atoms with Gasteiger partial charge in [-0.2, -0.15) is 0 Å². The Kier molecular flexibility index (Phi) is 6.70. The predicted molar refractivity (Wildman–Crippen MR) is 111 cm³/mol. The average Bonchev–Trinajstić information content (AvgIpc) is 3.20. The lowest BCUT2D eigenvalue weighted by molar-refractivity contribution is -0.121. The van der Waals surface area contributed by atoms with Crippen molar-refractivity contribution in [1.29, 1.82) is 0 Å². The van der Waals surface area contributed by atoms with Crippen LogP contribution in [0, 0.1) is 5.82 Å². The lowest BCUT2D eigenvalue weighted by Gasteiger charge is -2.04. The quantitative estimate of drug-likeness (QED) is 0.581. The first-order chi connectivity index (χ1) is 14.0. The molecule has 3 rings (SSSR count). The molecule has 29 heavy (non-hydrogen) atoms. The van der Waals surface area contributed by atoms with Crippen LogP contribution in [0.25, 0.3) is 17.3 Å². The van der Waals surface area contributed by atoms with Crippen LogP contribution in [0.3, 0.4) is 0 Å². The Balaban J connectivity index is 1.52. The van der Waals surface area contributed by atoms with Crippen LogP contribution in [-0.4, -0.2) is 30.5 Å².